The number of benzene rings is 8. The van der Waals surface area contributed by atoms with Gasteiger partial charge in [-0.15, -0.1) is 0 Å². The first-order valence-electron chi connectivity index (χ1n) is 19.4. The van der Waals surface area contributed by atoms with Gasteiger partial charge in [-0.25, -0.2) is 15.0 Å². The van der Waals surface area contributed by atoms with Crippen molar-refractivity contribution in [2.75, 3.05) is 0 Å². The van der Waals surface area contributed by atoms with E-state index in [1.165, 1.54) is 38.8 Å². The van der Waals surface area contributed by atoms with Crippen molar-refractivity contribution in [3.8, 4) is 56.3 Å². The van der Waals surface area contributed by atoms with E-state index in [9.17, 15) is 0 Å². The van der Waals surface area contributed by atoms with Crippen LogP contribution < -0.4 is 0 Å². The number of rotatable bonds is 6. The second-order valence-corrected chi connectivity index (χ2v) is 14.7. The van der Waals surface area contributed by atoms with Crippen molar-refractivity contribution in [1.82, 2.24) is 15.0 Å². The van der Waals surface area contributed by atoms with E-state index in [0.29, 0.717) is 5.82 Å². The molecular formula is C54H35N3. The normalized spacial score (nSPS) is 12.7. The van der Waals surface area contributed by atoms with Crippen LogP contribution in [-0.4, -0.2) is 15.0 Å². The van der Waals surface area contributed by atoms with E-state index in [1.807, 2.05) is 36.4 Å². The van der Waals surface area contributed by atoms with Crippen LogP contribution in [0.5, 0.6) is 0 Å². The summed E-state index contributed by atoms with van der Waals surface area (Å²) in [5, 5.41) is 3.47. The van der Waals surface area contributed by atoms with Crippen LogP contribution in [0.1, 0.15) is 22.3 Å². The van der Waals surface area contributed by atoms with Gasteiger partial charge in [-0.2, -0.15) is 0 Å². The minimum Gasteiger partial charge on any atom is -0.247 e. The van der Waals surface area contributed by atoms with Gasteiger partial charge in [-0.3, -0.25) is 0 Å². The number of hydrogen-bond donors (Lipinski definition) is 0. The summed E-state index contributed by atoms with van der Waals surface area (Å²) in [7, 11) is 0. The summed E-state index contributed by atoms with van der Waals surface area (Å²) >= 11 is 0. The highest BCUT2D eigenvalue weighted by Crippen LogP contribution is 2.57. The Labute approximate surface area is 331 Å². The predicted molar refractivity (Wildman–Crippen MR) is 234 cm³/mol. The van der Waals surface area contributed by atoms with Crippen molar-refractivity contribution in [2.24, 2.45) is 0 Å². The predicted octanol–water partition coefficient (Wildman–Crippen LogP) is 13.2. The van der Waals surface area contributed by atoms with E-state index < -0.39 is 5.41 Å². The molecule has 0 bridgehead atoms. The van der Waals surface area contributed by atoms with Gasteiger partial charge in [-0.1, -0.05) is 188 Å². The van der Waals surface area contributed by atoms with E-state index in [-0.39, 0.29) is 0 Å². The van der Waals surface area contributed by atoms with Crippen molar-refractivity contribution in [2.45, 2.75) is 5.41 Å². The summed E-state index contributed by atoms with van der Waals surface area (Å²) in [5.74, 6) is 0.703. The maximum absolute atomic E-state index is 5.39. The number of aromatic nitrogens is 3. The minimum atomic E-state index is -0.483. The highest BCUT2D eigenvalue weighted by atomic mass is 14.9. The van der Waals surface area contributed by atoms with E-state index in [2.05, 4.69) is 176 Å². The van der Waals surface area contributed by atoms with Crippen molar-refractivity contribution < 1.29 is 0 Å². The van der Waals surface area contributed by atoms with Gasteiger partial charge in [0.2, 0.25) is 0 Å². The molecule has 1 aliphatic carbocycles. The minimum absolute atomic E-state index is 0.483. The highest BCUT2D eigenvalue weighted by Gasteiger charge is 2.46. The number of nitrogens with zero attached hydrogens (tertiary/aromatic N) is 3. The molecule has 2 aromatic heterocycles. The molecule has 3 nitrogen and oxygen atoms in total. The van der Waals surface area contributed by atoms with E-state index in [0.717, 1.165) is 55.6 Å². The molecule has 0 aliphatic heterocycles. The number of fused-ring (bicyclic) bond motifs is 6. The third kappa shape index (κ3) is 5.32. The molecule has 0 unspecified atom stereocenters. The second kappa shape index (κ2) is 13.4. The summed E-state index contributed by atoms with van der Waals surface area (Å²) in [6.45, 7) is 0. The van der Waals surface area contributed by atoms with Crippen LogP contribution in [0.25, 0.3) is 78.0 Å². The van der Waals surface area contributed by atoms with Gasteiger partial charge >= 0.3 is 0 Å². The van der Waals surface area contributed by atoms with Crippen molar-refractivity contribution in [3.05, 3.63) is 235 Å². The van der Waals surface area contributed by atoms with Crippen molar-refractivity contribution in [1.29, 1.82) is 0 Å². The monoisotopic (exact) mass is 725 g/mol. The SMILES string of the molecule is c1ccc(-c2cc(-c3ccc(-c4nc5ccccc5c5cc6c(cc45)-c4ccccc4C6(c4ccccc4)c4ccccc4)cc3)nc(-c3ccccc3)n2)cc1. The molecule has 0 N–H and O–H groups in total. The molecule has 266 valence electrons. The molecule has 3 heteroatoms. The first-order chi connectivity index (χ1) is 28.3. The molecular weight excluding hydrogens is 691 g/mol. The fraction of sp³-hybridized carbons (Fsp3) is 0.0185. The van der Waals surface area contributed by atoms with Crippen LogP contribution in [0.4, 0.5) is 0 Å². The maximum atomic E-state index is 5.39. The Balaban J connectivity index is 1.12. The van der Waals surface area contributed by atoms with Gasteiger partial charge in [-0.05, 0) is 63.0 Å². The molecule has 0 radical (unpaired) electrons. The zero-order valence-corrected chi connectivity index (χ0v) is 31.0. The van der Waals surface area contributed by atoms with Crippen LogP contribution in [-0.2, 0) is 5.41 Å². The van der Waals surface area contributed by atoms with E-state index >= 15 is 0 Å². The third-order valence-corrected chi connectivity index (χ3v) is 11.6. The number of para-hydroxylation sites is 1. The van der Waals surface area contributed by atoms with Crippen LogP contribution in [0, 0.1) is 0 Å². The quantitative estimate of drug-likeness (QED) is 0.160. The molecule has 1 aliphatic rings. The first kappa shape index (κ1) is 32.9. The molecule has 2 heterocycles. The van der Waals surface area contributed by atoms with Crippen LogP contribution >= 0.6 is 0 Å². The molecule has 0 saturated carbocycles. The molecule has 10 aromatic rings. The van der Waals surface area contributed by atoms with E-state index in [4.69, 9.17) is 15.0 Å². The fourth-order valence-electron chi connectivity index (χ4n) is 8.97. The topological polar surface area (TPSA) is 38.7 Å². The molecule has 11 rings (SSSR count). The first-order valence-corrected chi connectivity index (χ1v) is 19.4. The Kier molecular flexibility index (Phi) is 7.71. The van der Waals surface area contributed by atoms with Crippen LogP contribution in [0.15, 0.2) is 212 Å². The van der Waals surface area contributed by atoms with Crippen LogP contribution in [0.2, 0.25) is 0 Å². The summed E-state index contributed by atoms with van der Waals surface area (Å²) < 4.78 is 0. The molecule has 0 spiro atoms. The summed E-state index contributed by atoms with van der Waals surface area (Å²) in [5.41, 5.74) is 14.9. The Bertz CT molecular complexity index is 2990. The Morgan fingerprint density at radius 3 is 1.51 bits per heavy atom. The van der Waals surface area contributed by atoms with Gasteiger partial charge in [0, 0.05) is 33.0 Å². The zero-order chi connectivity index (χ0) is 37.8. The standard InChI is InChI=1S/C54H35N3/c1-5-17-36(18-6-1)50-35-51(57-53(56-50)39-19-7-2-8-20-39)37-29-31-38(32-30-37)52-46-33-45-42-25-13-15-27-47(42)54(40-21-9-3-10-22-40,41-23-11-4-12-24-41)48(45)34-44(46)43-26-14-16-28-49(43)55-52/h1-35H. The average molecular weight is 726 g/mol. The number of pyridine rings is 1. The molecule has 0 saturated heterocycles. The Morgan fingerprint density at radius 2 is 0.842 bits per heavy atom. The Hall–Kier alpha value is -7.49. The van der Waals surface area contributed by atoms with Crippen LogP contribution in [0.3, 0.4) is 0 Å². The molecule has 0 atom stereocenters. The third-order valence-electron chi connectivity index (χ3n) is 11.6. The lowest BCUT2D eigenvalue weighted by atomic mass is 9.67. The van der Waals surface area contributed by atoms with Gasteiger partial charge < -0.3 is 0 Å². The van der Waals surface area contributed by atoms with Gasteiger partial charge in [0.15, 0.2) is 5.82 Å². The second-order valence-electron chi connectivity index (χ2n) is 14.7. The lowest BCUT2D eigenvalue weighted by Crippen LogP contribution is -2.28. The summed E-state index contributed by atoms with van der Waals surface area (Å²) in [6.07, 6.45) is 0. The fourth-order valence-corrected chi connectivity index (χ4v) is 8.97. The maximum Gasteiger partial charge on any atom is 0.160 e. The van der Waals surface area contributed by atoms with E-state index in [1.54, 1.807) is 0 Å². The lowest BCUT2D eigenvalue weighted by molar-refractivity contribution is 0.769. The zero-order valence-electron chi connectivity index (χ0n) is 31.0. The summed E-state index contributed by atoms with van der Waals surface area (Å²) in [6, 6.07) is 75.7. The van der Waals surface area contributed by atoms with Gasteiger partial charge in [0.05, 0.1) is 28.0 Å². The van der Waals surface area contributed by atoms with Crippen molar-refractivity contribution >= 4 is 21.7 Å². The Morgan fingerprint density at radius 1 is 0.316 bits per heavy atom. The number of hydrogen-bond acceptors (Lipinski definition) is 3. The summed E-state index contributed by atoms with van der Waals surface area (Å²) in [4.78, 5) is 15.5. The van der Waals surface area contributed by atoms with Gasteiger partial charge in [0.1, 0.15) is 0 Å². The highest BCUT2D eigenvalue weighted by molar-refractivity contribution is 6.13. The average Bonchev–Trinajstić information content (AvgIpc) is 3.59. The van der Waals surface area contributed by atoms with Gasteiger partial charge in [0.25, 0.3) is 0 Å². The largest absolute Gasteiger partial charge is 0.247 e. The molecule has 0 fully saturated rings. The molecule has 57 heavy (non-hydrogen) atoms. The molecule has 8 aromatic carbocycles. The smallest absolute Gasteiger partial charge is 0.160 e. The molecule has 0 amide bonds. The lowest BCUT2D eigenvalue weighted by Gasteiger charge is -2.34. The van der Waals surface area contributed by atoms with Crippen molar-refractivity contribution in [3.63, 3.8) is 0 Å².